The molecule has 1 N–H and O–H groups in total. The number of nitrogens with one attached hydrogen (secondary N) is 1. The van der Waals surface area contributed by atoms with E-state index in [1.807, 2.05) is 11.8 Å². The highest BCUT2D eigenvalue weighted by atomic mass is 32.2. The Bertz CT molecular complexity index is 249. The van der Waals surface area contributed by atoms with Gasteiger partial charge in [-0.2, -0.15) is 11.8 Å². The standard InChI is InChI=1S/C11H20N2OS/c1-11(2)8-13(5-6-15-11)10(14)9-3-4-12-7-9/h9,12H,3-8H2,1-2H3. The van der Waals surface area contributed by atoms with Gasteiger partial charge in [0.05, 0.1) is 5.92 Å². The van der Waals surface area contributed by atoms with E-state index in [-0.39, 0.29) is 10.7 Å². The van der Waals surface area contributed by atoms with Crippen LogP contribution in [-0.4, -0.2) is 47.5 Å². The van der Waals surface area contributed by atoms with Crippen LogP contribution in [-0.2, 0) is 4.79 Å². The first-order valence-electron chi connectivity index (χ1n) is 5.72. The van der Waals surface area contributed by atoms with Gasteiger partial charge in [-0.15, -0.1) is 0 Å². The molecule has 0 aliphatic carbocycles. The van der Waals surface area contributed by atoms with Gasteiger partial charge in [0.25, 0.3) is 0 Å². The van der Waals surface area contributed by atoms with Crippen molar-refractivity contribution in [3.63, 3.8) is 0 Å². The SMILES string of the molecule is CC1(C)CN(C(=O)C2CCNC2)CCS1. The van der Waals surface area contributed by atoms with Crippen molar-refractivity contribution >= 4 is 17.7 Å². The Hall–Kier alpha value is -0.220. The van der Waals surface area contributed by atoms with Crippen molar-refractivity contribution in [2.24, 2.45) is 5.92 Å². The maximum absolute atomic E-state index is 12.2. The molecule has 1 atom stereocenters. The predicted octanol–water partition coefficient (Wildman–Crippen LogP) is 0.950. The van der Waals surface area contributed by atoms with Crippen molar-refractivity contribution in [3.8, 4) is 0 Å². The third-order valence-electron chi connectivity index (χ3n) is 3.15. The molecule has 0 aromatic rings. The van der Waals surface area contributed by atoms with Gasteiger partial charge >= 0.3 is 0 Å². The Labute approximate surface area is 96.0 Å². The molecule has 1 amide bonds. The fourth-order valence-electron chi connectivity index (χ4n) is 2.33. The van der Waals surface area contributed by atoms with Crippen molar-refractivity contribution in [2.45, 2.75) is 25.0 Å². The van der Waals surface area contributed by atoms with Gasteiger partial charge in [-0.25, -0.2) is 0 Å². The summed E-state index contributed by atoms with van der Waals surface area (Å²) < 4.78 is 0.236. The predicted molar refractivity (Wildman–Crippen MR) is 64.1 cm³/mol. The second kappa shape index (κ2) is 4.34. The third-order valence-corrected chi connectivity index (χ3v) is 4.44. The zero-order valence-electron chi connectivity index (χ0n) is 9.58. The average molecular weight is 228 g/mol. The van der Waals surface area contributed by atoms with E-state index in [1.54, 1.807) is 0 Å². The molecule has 3 nitrogen and oxygen atoms in total. The summed E-state index contributed by atoms with van der Waals surface area (Å²) in [5, 5.41) is 3.26. The van der Waals surface area contributed by atoms with Gasteiger partial charge in [0, 0.05) is 30.1 Å². The van der Waals surface area contributed by atoms with Gasteiger partial charge in [-0.3, -0.25) is 4.79 Å². The normalized spacial score (nSPS) is 30.5. The topological polar surface area (TPSA) is 32.3 Å². The van der Waals surface area contributed by atoms with E-state index in [1.165, 1.54) is 0 Å². The van der Waals surface area contributed by atoms with Crippen molar-refractivity contribution in [3.05, 3.63) is 0 Å². The van der Waals surface area contributed by atoms with Crippen LogP contribution in [0.3, 0.4) is 0 Å². The second-order valence-corrected chi connectivity index (χ2v) is 6.86. The second-order valence-electron chi connectivity index (χ2n) is 5.06. The molecule has 2 saturated heterocycles. The summed E-state index contributed by atoms with van der Waals surface area (Å²) >= 11 is 1.97. The smallest absolute Gasteiger partial charge is 0.227 e. The molecule has 4 heteroatoms. The summed E-state index contributed by atoms with van der Waals surface area (Å²) in [5.74, 6) is 1.69. The number of hydrogen-bond donors (Lipinski definition) is 1. The maximum Gasteiger partial charge on any atom is 0.227 e. The van der Waals surface area contributed by atoms with Gasteiger partial charge < -0.3 is 10.2 Å². The van der Waals surface area contributed by atoms with Crippen LogP contribution in [0.25, 0.3) is 0 Å². The van der Waals surface area contributed by atoms with E-state index >= 15 is 0 Å². The van der Waals surface area contributed by atoms with E-state index in [0.29, 0.717) is 5.91 Å². The number of carbonyl (C=O) groups excluding carboxylic acids is 1. The van der Waals surface area contributed by atoms with Crippen LogP contribution in [0.5, 0.6) is 0 Å². The molecule has 2 aliphatic heterocycles. The Balaban J connectivity index is 1.94. The number of hydrogen-bond acceptors (Lipinski definition) is 3. The van der Waals surface area contributed by atoms with Crippen LogP contribution in [0, 0.1) is 5.92 Å². The summed E-state index contributed by atoms with van der Waals surface area (Å²) in [6, 6.07) is 0. The molecule has 15 heavy (non-hydrogen) atoms. The highest BCUT2D eigenvalue weighted by Gasteiger charge is 2.33. The van der Waals surface area contributed by atoms with Crippen molar-refractivity contribution in [1.82, 2.24) is 10.2 Å². The third kappa shape index (κ3) is 2.67. The molecule has 0 spiro atoms. The Morgan fingerprint density at radius 2 is 2.33 bits per heavy atom. The summed E-state index contributed by atoms with van der Waals surface area (Å²) in [5.41, 5.74) is 0. The molecule has 2 heterocycles. The highest BCUT2D eigenvalue weighted by Crippen LogP contribution is 2.30. The lowest BCUT2D eigenvalue weighted by Gasteiger charge is -2.38. The Morgan fingerprint density at radius 3 is 2.93 bits per heavy atom. The summed E-state index contributed by atoms with van der Waals surface area (Å²) in [6.07, 6.45) is 1.02. The lowest BCUT2D eigenvalue weighted by atomic mass is 10.1. The van der Waals surface area contributed by atoms with E-state index in [2.05, 4.69) is 24.1 Å². The molecule has 0 aromatic carbocycles. The zero-order valence-corrected chi connectivity index (χ0v) is 10.4. The highest BCUT2D eigenvalue weighted by molar-refractivity contribution is 8.00. The van der Waals surface area contributed by atoms with E-state index in [4.69, 9.17) is 0 Å². The number of rotatable bonds is 1. The first-order valence-corrected chi connectivity index (χ1v) is 6.70. The number of nitrogens with zero attached hydrogens (tertiary/aromatic N) is 1. The van der Waals surface area contributed by atoms with Crippen LogP contribution in [0.1, 0.15) is 20.3 Å². The van der Waals surface area contributed by atoms with Crippen LogP contribution < -0.4 is 5.32 Å². The molecule has 2 fully saturated rings. The van der Waals surface area contributed by atoms with Gasteiger partial charge in [0.1, 0.15) is 0 Å². The van der Waals surface area contributed by atoms with Gasteiger partial charge in [0.2, 0.25) is 5.91 Å². The molecular weight excluding hydrogens is 208 g/mol. The van der Waals surface area contributed by atoms with Gasteiger partial charge in [0.15, 0.2) is 0 Å². The first-order chi connectivity index (χ1) is 7.08. The maximum atomic E-state index is 12.2. The average Bonchev–Trinajstić information content (AvgIpc) is 2.67. The minimum absolute atomic E-state index is 0.236. The monoisotopic (exact) mass is 228 g/mol. The summed E-state index contributed by atoms with van der Waals surface area (Å²) in [6.45, 7) is 8.18. The zero-order chi connectivity index (χ0) is 10.9. The number of carbonyl (C=O) groups is 1. The number of thioether (sulfide) groups is 1. The molecule has 86 valence electrons. The van der Waals surface area contributed by atoms with Crippen molar-refractivity contribution < 1.29 is 4.79 Å². The molecule has 0 saturated carbocycles. The fourth-order valence-corrected chi connectivity index (χ4v) is 3.44. The molecule has 0 radical (unpaired) electrons. The van der Waals surface area contributed by atoms with Gasteiger partial charge in [-0.05, 0) is 26.8 Å². The minimum atomic E-state index is 0.236. The quantitative estimate of drug-likeness (QED) is 0.725. The Kier molecular flexibility index (Phi) is 3.26. The summed E-state index contributed by atoms with van der Waals surface area (Å²) in [7, 11) is 0. The van der Waals surface area contributed by atoms with Crippen LogP contribution in [0.2, 0.25) is 0 Å². The van der Waals surface area contributed by atoms with E-state index in [0.717, 1.165) is 38.4 Å². The first kappa shape index (κ1) is 11.3. The molecule has 0 bridgehead atoms. The minimum Gasteiger partial charge on any atom is -0.340 e. The lowest BCUT2D eigenvalue weighted by Crippen LogP contribution is -2.48. The van der Waals surface area contributed by atoms with E-state index in [9.17, 15) is 4.79 Å². The molecular formula is C11H20N2OS. The van der Waals surface area contributed by atoms with Crippen LogP contribution in [0.4, 0.5) is 0 Å². The number of amides is 1. The molecule has 2 aliphatic rings. The van der Waals surface area contributed by atoms with Crippen molar-refractivity contribution in [1.29, 1.82) is 0 Å². The lowest BCUT2D eigenvalue weighted by molar-refractivity contribution is -0.135. The molecule has 0 aromatic heterocycles. The Morgan fingerprint density at radius 1 is 1.53 bits per heavy atom. The van der Waals surface area contributed by atoms with Crippen molar-refractivity contribution in [2.75, 3.05) is 31.9 Å². The summed E-state index contributed by atoms with van der Waals surface area (Å²) in [4.78, 5) is 14.2. The van der Waals surface area contributed by atoms with Gasteiger partial charge in [-0.1, -0.05) is 0 Å². The largest absolute Gasteiger partial charge is 0.340 e. The van der Waals surface area contributed by atoms with E-state index < -0.39 is 0 Å². The fraction of sp³-hybridized carbons (Fsp3) is 0.909. The molecule has 2 rings (SSSR count). The van der Waals surface area contributed by atoms with Crippen LogP contribution >= 0.6 is 11.8 Å². The van der Waals surface area contributed by atoms with Crippen LogP contribution in [0.15, 0.2) is 0 Å². The molecule has 1 unspecified atom stereocenters.